The van der Waals surface area contributed by atoms with Crippen LogP contribution in [0.2, 0.25) is 0 Å². The summed E-state index contributed by atoms with van der Waals surface area (Å²) in [5.41, 5.74) is 3.13. The molecule has 4 aromatic rings. The number of aromatic nitrogens is 3. The molecule has 0 saturated heterocycles. The van der Waals surface area contributed by atoms with Crippen LogP contribution in [0.3, 0.4) is 0 Å². The van der Waals surface area contributed by atoms with Gasteiger partial charge in [0.2, 0.25) is 0 Å². The summed E-state index contributed by atoms with van der Waals surface area (Å²) in [6, 6.07) is 19.4. The molecule has 2 heterocycles. The molecule has 0 aliphatic heterocycles. The van der Waals surface area contributed by atoms with E-state index in [4.69, 9.17) is 4.98 Å². The van der Waals surface area contributed by atoms with Crippen molar-refractivity contribution < 1.29 is 4.39 Å². The van der Waals surface area contributed by atoms with Crippen molar-refractivity contribution in [2.45, 2.75) is 5.16 Å². The van der Waals surface area contributed by atoms with E-state index in [2.05, 4.69) is 15.3 Å². The summed E-state index contributed by atoms with van der Waals surface area (Å²) in [5, 5.41) is 3.87. The maximum Gasteiger partial charge on any atom is 0.260 e. The van der Waals surface area contributed by atoms with Crippen LogP contribution in [-0.2, 0) is 0 Å². The Morgan fingerprint density at radius 1 is 0.933 bits per heavy atom. The van der Waals surface area contributed by atoms with Crippen molar-refractivity contribution in [1.29, 1.82) is 0 Å². The van der Waals surface area contributed by atoms with E-state index in [0.29, 0.717) is 22.0 Å². The number of para-hydroxylation sites is 1. The predicted octanol–water partition coefficient (Wildman–Crippen LogP) is 4.84. The number of rotatable bonds is 7. The van der Waals surface area contributed by atoms with Gasteiger partial charge in [0.15, 0.2) is 5.16 Å². The van der Waals surface area contributed by atoms with Gasteiger partial charge in [-0.15, -0.1) is 0 Å². The van der Waals surface area contributed by atoms with Crippen molar-refractivity contribution >= 4 is 17.4 Å². The van der Waals surface area contributed by atoms with Crippen LogP contribution in [0, 0.1) is 5.82 Å². The highest BCUT2D eigenvalue weighted by Gasteiger charge is 2.16. The zero-order chi connectivity index (χ0) is 20.8. The van der Waals surface area contributed by atoms with Crippen molar-refractivity contribution in [2.75, 3.05) is 17.6 Å². The Labute approximate surface area is 177 Å². The quantitative estimate of drug-likeness (QED) is 0.255. The van der Waals surface area contributed by atoms with Gasteiger partial charge in [-0.1, -0.05) is 42.1 Å². The van der Waals surface area contributed by atoms with Gasteiger partial charge in [0.05, 0.1) is 11.3 Å². The van der Waals surface area contributed by atoms with Crippen LogP contribution in [0.1, 0.15) is 0 Å². The highest BCUT2D eigenvalue weighted by atomic mass is 32.2. The molecule has 0 saturated carbocycles. The van der Waals surface area contributed by atoms with Crippen LogP contribution in [0.4, 0.5) is 10.1 Å². The average Bonchev–Trinajstić information content (AvgIpc) is 2.78. The summed E-state index contributed by atoms with van der Waals surface area (Å²) >= 11 is 1.46. The SMILES string of the molecule is O=c1[nH]c(SCCNc2ccccc2)nc(-c2ccncc2)c1-c1ccc(F)cc1. The minimum Gasteiger partial charge on any atom is -0.384 e. The zero-order valence-electron chi connectivity index (χ0n) is 16.0. The number of nitrogens with one attached hydrogen (secondary N) is 2. The van der Waals surface area contributed by atoms with Gasteiger partial charge in [-0.3, -0.25) is 9.78 Å². The molecule has 5 nitrogen and oxygen atoms in total. The Kier molecular flexibility index (Phi) is 6.20. The summed E-state index contributed by atoms with van der Waals surface area (Å²) in [4.78, 5) is 24.5. The largest absolute Gasteiger partial charge is 0.384 e. The smallest absolute Gasteiger partial charge is 0.260 e. The van der Waals surface area contributed by atoms with Crippen molar-refractivity contribution in [3.8, 4) is 22.4 Å². The lowest BCUT2D eigenvalue weighted by atomic mass is 10.0. The molecule has 0 aliphatic rings. The molecule has 0 radical (unpaired) electrons. The Morgan fingerprint density at radius 2 is 1.67 bits per heavy atom. The predicted molar refractivity (Wildman–Crippen MR) is 119 cm³/mol. The van der Waals surface area contributed by atoms with Gasteiger partial charge in [0.1, 0.15) is 5.82 Å². The number of anilines is 1. The van der Waals surface area contributed by atoms with E-state index in [-0.39, 0.29) is 11.4 Å². The van der Waals surface area contributed by atoms with Gasteiger partial charge in [-0.2, -0.15) is 0 Å². The van der Waals surface area contributed by atoms with Crippen molar-refractivity contribution in [3.63, 3.8) is 0 Å². The second-order valence-corrected chi connectivity index (χ2v) is 7.56. The molecule has 0 amide bonds. The number of aromatic amines is 1. The van der Waals surface area contributed by atoms with Gasteiger partial charge in [0, 0.05) is 35.9 Å². The molecule has 0 fully saturated rings. The number of hydrogen-bond donors (Lipinski definition) is 2. The van der Waals surface area contributed by atoms with Crippen molar-refractivity contribution in [1.82, 2.24) is 15.0 Å². The first-order valence-electron chi connectivity index (χ1n) is 9.43. The molecule has 7 heteroatoms. The van der Waals surface area contributed by atoms with Crippen LogP contribution in [0.15, 0.2) is 89.1 Å². The van der Waals surface area contributed by atoms with Crippen LogP contribution < -0.4 is 10.9 Å². The summed E-state index contributed by atoms with van der Waals surface area (Å²) in [6.45, 7) is 0.725. The third kappa shape index (κ3) is 4.75. The monoisotopic (exact) mass is 418 g/mol. The van der Waals surface area contributed by atoms with Crippen LogP contribution in [0.25, 0.3) is 22.4 Å². The molecule has 0 unspecified atom stereocenters. The number of benzene rings is 2. The first-order chi connectivity index (χ1) is 14.7. The Hall–Kier alpha value is -3.45. The lowest BCUT2D eigenvalue weighted by Gasteiger charge is -2.11. The fraction of sp³-hybridized carbons (Fsp3) is 0.0870. The molecule has 150 valence electrons. The molecule has 2 aromatic heterocycles. The second-order valence-electron chi connectivity index (χ2n) is 6.48. The molecule has 4 rings (SSSR count). The van der Waals surface area contributed by atoms with Crippen molar-refractivity contribution in [2.24, 2.45) is 0 Å². The van der Waals surface area contributed by atoms with E-state index in [1.807, 2.05) is 30.3 Å². The van der Waals surface area contributed by atoms with Crippen molar-refractivity contribution in [3.05, 3.63) is 95.3 Å². The van der Waals surface area contributed by atoms with Gasteiger partial charge >= 0.3 is 0 Å². The van der Waals surface area contributed by atoms with E-state index in [1.54, 1.807) is 36.7 Å². The normalized spacial score (nSPS) is 10.7. The fourth-order valence-electron chi connectivity index (χ4n) is 3.02. The van der Waals surface area contributed by atoms with Crippen LogP contribution >= 0.6 is 11.8 Å². The minimum atomic E-state index is -0.355. The van der Waals surface area contributed by atoms with E-state index in [0.717, 1.165) is 23.5 Å². The second kappa shape index (κ2) is 9.37. The van der Waals surface area contributed by atoms with E-state index in [1.165, 1.54) is 23.9 Å². The summed E-state index contributed by atoms with van der Waals surface area (Å²) in [5.74, 6) is 0.371. The maximum atomic E-state index is 13.4. The number of H-pyrrole nitrogens is 1. The fourth-order valence-corrected chi connectivity index (χ4v) is 3.74. The van der Waals surface area contributed by atoms with E-state index in [9.17, 15) is 9.18 Å². The van der Waals surface area contributed by atoms with E-state index < -0.39 is 0 Å². The minimum absolute atomic E-state index is 0.262. The average molecular weight is 418 g/mol. The first kappa shape index (κ1) is 19.8. The number of hydrogen-bond acceptors (Lipinski definition) is 5. The van der Waals surface area contributed by atoms with Crippen LogP contribution in [0.5, 0.6) is 0 Å². The van der Waals surface area contributed by atoms with Gasteiger partial charge in [-0.05, 0) is 42.0 Å². The molecule has 2 aromatic carbocycles. The molecule has 0 spiro atoms. The zero-order valence-corrected chi connectivity index (χ0v) is 16.8. The highest BCUT2D eigenvalue weighted by Crippen LogP contribution is 2.29. The van der Waals surface area contributed by atoms with Gasteiger partial charge in [-0.25, -0.2) is 9.37 Å². The highest BCUT2D eigenvalue weighted by molar-refractivity contribution is 7.99. The van der Waals surface area contributed by atoms with Gasteiger partial charge in [0.25, 0.3) is 5.56 Å². The summed E-state index contributed by atoms with van der Waals surface area (Å²) in [7, 11) is 0. The third-order valence-electron chi connectivity index (χ3n) is 4.43. The lowest BCUT2D eigenvalue weighted by molar-refractivity contribution is 0.628. The third-order valence-corrected chi connectivity index (χ3v) is 5.30. The molecule has 0 atom stereocenters. The molecular formula is C23H19FN4OS. The summed E-state index contributed by atoms with van der Waals surface area (Å²) in [6.07, 6.45) is 3.31. The molecule has 0 aliphatic carbocycles. The molecular weight excluding hydrogens is 399 g/mol. The number of nitrogens with zero attached hydrogens (tertiary/aromatic N) is 2. The Bertz CT molecular complexity index is 1170. The number of thioether (sulfide) groups is 1. The summed E-state index contributed by atoms with van der Waals surface area (Å²) < 4.78 is 13.4. The maximum absolute atomic E-state index is 13.4. The van der Waals surface area contributed by atoms with Crippen LogP contribution in [-0.4, -0.2) is 27.2 Å². The Balaban J connectivity index is 1.61. The topological polar surface area (TPSA) is 70.7 Å². The number of pyridine rings is 1. The molecule has 30 heavy (non-hydrogen) atoms. The van der Waals surface area contributed by atoms with Gasteiger partial charge < -0.3 is 10.3 Å². The molecule has 0 bridgehead atoms. The first-order valence-corrected chi connectivity index (χ1v) is 10.4. The standard InChI is InChI=1S/C23H19FN4OS/c24-18-8-6-16(7-9-18)20-21(17-10-12-25-13-11-17)27-23(28-22(20)29)30-15-14-26-19-4-2-1-3-5-19/h1-13,26H,14-15H2,(H,27,28,29). The number of halogens is 1. The lowest BCUT2D eigenvalue weighted by Crippen LogP contribution is -2.14. The van der Waals surface area contributed by atoms with E-state index >= 15 is 0 Å². The Morgan fingerprint density at radius 3 is 2.40 bits per heavy atom. The molecule has 2 N–H and O–H groups in total.